The van der Waals surface area contributed by atoms with E-state index in [9.17, 15) is 19.2 Å². The van der Waals surface area contributed by atoms with Crippen LogP contribution in [0.1, 0.15) is 66.4 Å². The molecule has 10 heteroatoms. The van der Waals surface area contributed by atoms with Gasteiger partial charge in [-0.3, -0.25) is 9.59 Å². The second kappa shape index (κ2) is 12.9. The fourth-order valence-electron chi connectivity index (χ4n) is 3.95. The third-order valence-corrected chi connectivity index (χ3v) is 5.42. The van der Waals surface area contributed by atoms with E-state index in [1.807, 2.05) is 51.1 Å². The van der Waals surface area contributed by atoms with E-state index in [0.717, 1.165) is 5.56 Å². The fraction of sp³-hybridized carbons (Fsp3) is 0.630. The Balaban J connectivity index is 2.24. The summed E-state index contributed by atoms with van der Waals surface area (Å²) in [6.07, 6.45) is -1.12. The van der Waals surface area contributed by atoms with Crippen molar-refractivity contribution in [1.82, 2.24) is 10.2 Å². The zero-order chi connectivity index (χ0) is 27.8. The van der Waals surface area contributed by atoms with E-state index in [1.165, 1.54) is 12.0 Å². The number of esters is 2. The van der Waals surface area contributed by atoms with E-state index in [4.69, 9.17) is 18.9 Å². The summed E-state index contributed by atoms with van der Waals surface area (Å²) >= 11 is 0. The lowest BCUT2D eigenvalue weighted by molar-refractivity contribution is -0.155. The predicted molar refractivity (Wildman–Crippen MR) is 135 cm³/mol. The summed E-state index contributed by atoms with van der Waals surface area (Å²) in [5.74, 6) is -1.63. The first-order chi connectivity index (χ1) is 17.2. The van der Waals surface area contributed by atoms with Crippen LogP contribution in [0.3, 0.4) is 0 Å². The molecule has 2 amide bonds. The van der Waals surface area contributed by atoms with Gasteiger partial charge in [0.25, 0.3) is 0 Å². The highest BCUT2D eigenvalue weighted by Gasteiger charge is 2.44. The number of benzene rings is 1. The van der Waals surface area contributed by atoms with Gasteiger partial charge in [-0.05, 0) is 53.5 Å². The number of methoxy groups -OCH3 is 1. The summed E-state index contributed by atoms with van der Waals surface area (Å²) in [6.45, 7) is 11.0. The molecular weight excluding hydrogens is 480 g/mol. The van der Waals surface area contributed by atoms with E-state index in [1.54, 1.807) is 20.8 Å². The molecule has 0 saturated carbocycles. The molecule has 1 heterocycles. The molecule has 0 unspecified atom stereocenters. The third-order valence-electron chi connectivity index (χ3n) is 5.42. The van der Waals surface area contributed by atoms with Gasteiger partial charge in [0.2, 0.25) is 5.91 Å². The Morgan fingerprint density at radius 2 is 1.68 bits per heavy atom. The molecule has 1 aromatic carbocycles. The lowest BCUT2D eigenvalue weighted by Gasteiger charge is -2.29. The van der Waals surface area contributed by atoms with Crippen molar-refractivity contribution in [3.8, 4) is 0 Å². The molecule has 0 aromatic heterocycles. The van der Waals surface area contributed by atoms with E-state index in [0.29, 0.717) is 0 Å². The lowest BCUT2D eigenvalue weighted by atomic mass is 10.1. The van der Waals surface area contributed by atoms with Gasteiger partial charge < -0.3 is 29.2 Å². The zero-order valence-electron chi connectivity index (χ0n) is 22.9. The topological polar surface area (TPSA) is 120 Å². The van der Waals surface area contributed by atoms with Crippen LogP contribution >= 0.6 is 0 Å². The van der Waals surface area contributed by atoms with Crippen molar-refractivity contribution in [3.63, 3.8) is 0 Å². The first kappa shape index (κ1) is 30.1. The molecule has 2 rings (SSSR count). The first-order valence-corrected chi connectivity index (χ1v) is 12.4. The molecule has 0 spiro atoms. The summed E-state index contributed by atoms with van der Waals surface area (Å²) < 4.78 is 21.6. The molecular formula is C27H40N2O8. The molecule has 1 aliphatic rings. The average molecular weight is 521 g/mol. The Labute approximate surface area is 218 Å². The predicted octanol–water partition coefficient (Wildman–Crippen LogP) is 3.36. The molecule has 1 N–H and O–H groups in total. The van der Waals surface area contributed by atoms with Crippen molar-refractivity contribution in [1.29, 1.82) is 0 Å². The number of amides is 2. The van der Waals surface area contributed by atoms with Gasteiger partial charge in [-0.1, -0.05) is 30.3 Å². The van der Waals surface area contributed by atoms with Crippen molar-refractivity contribution in [2.24, 2.45) is 0 Å². The number of likely N-dealkylation sites (tertiary alicyclic amines) is 1. The number of nitrogens with one attached hydrogen (secondary N) is 1. The number of hydrogen-bond acceptors (Lipinski definition) is 8. The number of rotatable bonds is 9. The van der Waals surface area contributed by atoms with E-state index < -0.39 is 53.3 Å². The average Bonchev–Trinajstić information content (AvgIpc) is 3.21. The largest absolute Gasteiger partial charge is 0.469 e. The minimum absolute atomic E-state index is 0.0299. The third kappa shape index (κ3) is 10.4. The maximum absolute atomic E-state index is 13.7. The minimum atomic E-state index is -1.12. The maximum atomic E-state index is 13.7. The normalized spacial score (nSPS) is 18.6. The highest BCUT2D eigenvalue weighted by atomic mass is 16.6. The highest BCUT2D eigenvalue weighted by Crippen LogP contribution is 2.27. The van der Waals surface area contributed by atoms with Crippen molar-refractivity contribution in [3.05, 3.63) is 35.9 Å². The van der Waals surface area contributed by atoms with Crippen LogP contribution in [-0.2, 0) is 39.9 Å². The second-order valence-corrected chi connectivity index (χ2v) is 11.0. The van der Waals surface area contributed by atoms with Crippen molar-refractivity contribution in [2.75, 3.05) is 13.7 Å². The van der Waals surface area contributed by atoms with Crippen molar-refractivity contribution in [2.45, 2.75) is 96.8 Å². The Bertz CT molecular complexity index is 936. The number of nitrogens with zero attached hydrogens (tertiary/aromatic N) is 1. The number of ether oxygens (including phenoxy) is 4. The summed E-state index contributed by atoms with van der Waals surface area (Å²) in [4.78, 5) is 52.5. The molecule has 1 aromatic rings. The molecule has 0 radical (unpaired) electrons. The molecule has 37 heavy (non-hydrogen) atoms. The molecule has 1 fully saturated rings. The molecule has 10 nitrogen and oxygen atoms in total. The summed E-state index contributed by atoms with van der Waals surface area (Å²) in [5, 5.41) is 2.56. The molecule has 1 aliphatic heterocycles. The van der Waals surface area contributed by atoms with Crippen molar-refractivity contribution < 1.29 is 38.1 Å². The Hall–Kier alpha value is -3.14. The number of alkyl carbamates (subject to hydrolysis) is 1. The molecule has 0 bridgehead atoms. The molecule has 206 valence electrons. The Morgan fingerprint density at radius 1 is 1.03 bits per heavy atom. The van der Waals surface area contributed by atoms with Crippen LogP contribution in [0.4, 0.5) is 4.79 Å². The van der Waals surface area contributed by atoms with Crippen LogP contribution in [0.25, 0.3) is 0 Å². The SMILES string of the molecule is COC(=O)CC[C@H](NC(=O)OC(C)(C)C)C(=O)N1C[C@H](OC(C)(C)C)C[C@H]1C(=O)OCc1ccccc1. The zero-order valence-corrected chi connectivity index (χ0v) is 22.9. The lowest BCUT2D eigenvalue weighted by Crippen LogP contribution is -2.53. The van der Waals surface area contributed by atoms with Crippen LogP contribution in [-0.4, -0.2) is 71.9 Å². The Kier molecular flexibility index (Phi) is 10.5. The van der Waals surface area contributed by atoms with Gasteiger partial charge in [0.1, 0.15) is 24.3 Å². The first-order valence-electron chi connectivity index (χ1n) is 12.4. The summed E-state index contributed by atoms with van der Waals surface area (Å²) in [7, 11) is 1.24. The van der Waals surface area contributed by atoms with Gasteiger partial charge in [0.05, 0.1) is 18.8 Å². The van der Waals surface area contributed by atoms with Gasteiger partial charge in [-0.2, -0.15) is 0 Å². The van der Waals surface area contributed by atoms with Crippen LogP contribution < -0.4 is 5.32 Å². The van der Waals surface area contributed by atoms with Gasteiger partial charge in [0, 0.05) is 19.4 Å². The summed E-state index contributed by atoms with van der Waals surface area (Å²) in [6, 6.07) is 7.19. The van der Waals surface area contributed by atoms with Crippen LogP contribution in [0.2, 0.25) is 0 Å². The standard InChI is InChI=1S/C27H40N2O8/c1-26(2,3)36-19-15-21(24(32)35-17-18-11-9-8-10-12-18)29(16-19)23(31)20(13-14-22(30)34-7)28-25(33)37-27(4,5)6/h8-12,19-21H,13-17H2,1-7H3,(H,28,33)/t19-,20+,21+/m1/s1. The van der Waals surface area contributed by atoms with E-state index in [-0.39, 0.29) is 32.4 Å². The number of carbonyl (C=O) groups is 4. The maximum Gasteiger partial charge on any atom is 0.408 e. The van der Waals surface area contributed by atoms with Gasteiger partial charge in [0.15, 0.2) is 0 Å². The quantitative estimate of drug-likeness (QED) is 0.389. The van der Waals surface area contributed by atoms with E-state index >= 15 is 0 Å². The van der Waals surface area contributed by atoms with Crippen LogP contribution in [0.15, 0.2) is 30.3 Å². The molecule has 0 aliphatic carbocycles. The van der Waals surface area contributed by atoms with Gasteiger partial charge in [-0.15, -0.1) is 0 Å². The Morgan fingerprint density at radius 3 is 2.24 bits per heavy atom. The molecule has 3 atom stereocenters. The van der Waals surface area contributed by atoms with Crippen LogP contribution in [0, 0.1) is 0 Å². The monoisotopic (exact) mass is 520 g/mol. The number of hydrogen-bond donors (Lipinski definition) is 1. The number of carbonyl (C=O) groups excluding carboxylic acids is 4. The van der Waals surface area contributed by atoms with Crippen LogP contribution in [0.5, 0.6) is 0 Å². The van der Waals surface area contributed by atoms with E-state index in [2.05, 4.69) is 5.32 Å². The summed E-state index contributed by atoms with van der Waals surface area (Å²) in [5.41, 5.74) is -0.471. The smallest absolute Gasteiger partial charge is 0.408 e. The fourth-order valence-corrected chi connectivity index (χ4v) is 3.95. The highest BCUT2D eigenvalue weighted by molar-refractivity contribution is 5.90. The van der Waals surface area contributed by atoms with Gasteiger partial charge in [-0.25, -0.2) is 9.59 Å². The second-order valence-electron chi connectivity index (χ2n) is 11.0. The van der Waals surface area contributed by atoms with Gasteiger partial charge >= 0.3 is 18.0 Å². The van der Waals surface area contributed by atoms with Crippen molar-refractivity contribution >= 4 is 23.9 Å². The molecule has 1 saturated heterocycles. The minimum Gasteiger partial charge on any atom is -0.469 e.